The van der Waals surface area contributed by atoms with Crippen LogP contribution in [0, 0.1) is 5.92 Å². The highest BCUT2D eigenvalue weighted by molar-refractivity contribution is 4.77. The SMILES string of the molecule is CC(C)C(C)OC(C(F)(F)F)C(F)(F)F. The van der Waals surface area contributed by atoms with E-state index in [2.05, 4.69) is 4.74 Å². The second kappa shape index (κ2) is 4.59. The molecule has 0 fully saturated rings. The van der Waals surface area contributed by atoms with E-state index >= 15 is 0 Å². The third-order valence-corrected chi connectivity index (χ3v) is 1.88. The van der Waals surface area contributed by atoms with Crippen molar-refractivity contribution in [3.05, 3.63) is 0 Å². The van der Waals surface area contributed by atoms with E-state index in [0.717, 1.165) is 0 Å². The van der Waals surface area contributed by atoms with Crippen molar-refractivity contribution >= 4 is 0 Å². The zero-order chi connectivity index (χ0) is 12.4. The van der Waals surface area contributed by atoms with Crippen LogP contribution in [0.2, 0.25) is 0 Å². The first-order valence-corrected chi connectivity index (χ1v) is 4.25. The second-order valence-corrected chi connectivity index (χ2v) is 3.55. The van der Waals surface area contributed by atoms with E-state index in [1.165, 1.54) is 20.8 Å². The number of halogens is 6. The van der Waals surface area contributed by atoms with E-state index in [9.17, 15) is 26.3 Å². The highest BCUT2D eigenvalue weighted by Gasteiger charge is 2.58. The van der Waals surface area contributed by atoms with Crippen LogP contribution >= 0.6 is 0 Å². The van der Waals surface area contributed by atoms with Gasteiger partial charge in [-0.2, -0.15) is 26.3 Å². The van der Waals surface area contributed by atoms with Crippen molar-refractivity contribution in [1.82, 2.24) is 0 Å². The molecule has 1 unspecified atom stereocenters. The van der Waals surface area contributed by atoms with Crippen LogP contribution in [-0.4, -0.2) is 24.6 Å². The summed E-state index contributed by atoms with van der Waals surface area (Å²) in [5.41, 5.74) is 0. The third-order valence-electron chi connectivity index (χ3n) is 1.88. The average Bonchev–Trinajstić information content (AvgIpc) is 1.94. The summed E-state index contributed by atoms with van der Waals surface area (Å²) >= 11 is 0. The molecule has 92 valence electrons. The lowest BCUT2D eigenvalue weighted by atomic mass is 10.1. The topological polar surface area (TPSA) is 9.23 Å². The van der Waals surface area contributed by atoms with Crippen LogP contribution in [0.3, 0.4) is 0 Å². The number of hydrogen-bond donors (Lipinski definition) is 0. The van der Waals surface area contributed by atoms with Gasteiger partial charge in [0.05, 0.1) is 6.10 Å². The van der Waals surface area contributed by atoms with Gasteiger partial charge in [-0.25, -0.2) is 0 Å². The number of rotatable bonds is 3. The minimum atomic E-state index is -5.43. The first kappa shape index (κ1) is 14.5. The van der Waals surface area contributed by atoms with E-state index in [0.29, 0.717) is 0 Å². The van der Waals surface area contributed by atoms with Crippen LogP contribution < -0.4 is 0 Å². The van der Waals surface area contributed by atoms with E-state index in [-0.39, 0.29) is 0 Å². The average molecular weight is 238 g/mol. The maximum Gasteiger partial charge on any atom is 0.423 e. The van der Waals surface area contributed by atoms with E-state index in [4.69, 9.17) is 0 Å². The largest absolute Gasteiger partial charge is 0.423 e. The molecule has 0 saturated carbocycles. The molecular formula is C8H12F6O. The summed E-state index contributed by atoms with van der Waals surface area (Å²) in [6.45, 7) is 4.14. The van der Waals surface area contributed by atoms with E-state index in [1.54, 1.807) is 0 Å². The van der Waals surface area contributed by atoms with Gasteiger partial charge in [0, 0.05) is 0 Å². The van der Waals surface area contributed by atoms with Crippen LogP contribution in [0.4, 0.5) is 26.3 Å². The van der Waals surface area contributed by atoms with Crippen LogP contribution in [-0.2, 0) is 4.74 Å². The summed E-state index contributed by atoms with van der Waals surface area (Å²) < 4.78 is 76.0. The summed E-state index contributed by atoms with van der Waals surface area (Å²) in [5, 5.41) is 0. The summed E-state index contributed by atoms with van der Waals surface area (Å²) in [7, 11) is 0. The van der Waals surface area contributed by atoms with Crippen molar-refractivity contribution < 1.29 is 31.1 Å². The lowest BCUT2D eigenvalue weighted by molar-refractivity contribution is -0.332. The molecule has 0 heterocycles. The Morgan fingerprint density at radius 2 is 1.13 bits per heavy atom. The molecule has 0 N–H and O–H groups in total. The van der Waals surface area contributed by atoms with Gasteiger partial charge in [0.2, 0.25) is 6.10 Å². The van der Waals surface area contributed by atoms with Crippen LogP contribution in [0.5, 0.6) is 0 Å². The molecule has 0 rings (SSSR count). The molecule has 7 heteroatoms. The Kier molecular flexibility index (Phi) is 4.45. The first-order valence-electron chi connectivity index (χ1n) is 4.25. The summed E-state index contributed by atoms with van der Waals surface area (Å²) in [6, 6.07) is 0. The molecule has 0 bridgehead atoms. The van der Waals surface area contributed by atoms with Gasteiger partial charge in [0.1, 0.15) is 0 Å². The molecule has 0 aliphatic carbocycles. The van der Waals surface area contributed by atoms with Gasteiger partial charge in [-0.05, 0) is 12.8 Å². The van der Waals surface area contributed by atoms with Gasteiger partial charge in [-0.3, -0.25) is 0 Å². The Morgan fingerprint density at radius 1 is 0.800 bits per heavy atom. The highest BCUT2D eigenvalue weighted by atomic mass is 19.4. The molecule has 0 aliphatic rings. The summed E-state index contributed by atoms with van der Waals surface area (Å²) in [4.78, 5) is 0. The minimum absolute atomic E-state index is 0.419. The highest BCUT2D eigenvalue weighted by Crippen LogP contribution is 2.36. The predicted molar refractivity (Wildman–Crippen MR) is 41.3 cm³/mol. The van der Waals surface area contributed by atoms with Gasteiger partial charge >= 0.3 is 12.4 Å². The maximum absolute atomic E-state index is 12.0. The molecule has 0 spiro atoms. The van der Waals surface area contributed by atoms with Crippen molar-refractivity contribution in [3.8, 4) is 0 Å². The summed E-state index contributed by atoms with van der Waals surface area (Å²) in [6.07, 6.45) is -15.7. The fraction of sp³-hybridized carbons (Fsp3) is 1.00. The molecule has 1 atom stereocenters. The fourth-order valence-corrected chi connectivity index (χ4v) is 0.712. The zero-order valence-electron chi connectivity index (χ0n) is 8.41. The fourth-order valence-electron chi connectivity index (χ4n) is 0.712. The number of hydrogen-bond acceptors (Lipinski definition) is 1. The Hall–Kier alpha value is -0.460. The molecular weight excluding hydrogens is 226 g/mol. The molecule has 0 radical (unpaired) electrons. The van der Waals surface area contributed by atoms with Gasteiger partial charge < -0.3 is 4.74 Å². The Morgan fingerprint density at radius 3 is 1.33 bits per heavy atom. The smallest absolute Gasteiger partial charge is 0.358 e. The quantitative estimate of drug-likeness (QED) is 0.683. The zero-order valence-corrected chi connectivity index (χ0v) is 8.41. The van der Waals surface area contributed by atoms with Crippen LogP contribution in [0.25, 0.3) is 0 Å². The van der Waals surface area contributed by atoms with Crippen molar-refractivity contribution in [1.29, 1.82) is 0 Å². The van der Waals surface area contributed by atoms with Gasteiger partial charge in [-0.1, -0.05) is 13.8 Å². The second-order valence-electron chi connectivity index (χ2n) is 3.55. The van der Waals surface area contributed by atoms with Gasteiger partial charge in [-0.15, -0.1) is 0 Å². The number of ether oxygens (including phenoxy) is 1. The lowest BCUT2D eigenvalue weighted by Gasteiger charge is -2.27. The predicted octanol–water partition coefficient (Wildman–Crippen LogP) is 3.54. The summed E-state index contributed by atoms with van der Waals surface area (Å²) in [5.74, 6) is -0.419. The van der Waals surface area contributed by atoms with E-state index in [1.807, 2.05) is 0 Å². The molecule has 1 nitrogen and oxygen atoms in total. The number of alkyl halides is 6. The van der Waals surface area contributed by atoms with E-state index < -0.39 is 30.5 Å². The monoisotopic (exact) mass is 238 g/mol. The maximum atomic E-state index is 12.0. The van der Waals surface area contributed by atoms with Gasteiger partial charge in [0.15, 0.2) is 0 Å². The van der Waals surface area contributed by atoms with Crippen molar-refractivity contribution in [2.24, 2.45) is 5.92 Å². The van der Waals surface area contributed by atoms with Crippen molar-refractivity contribution in [3.63, 3.8) is 0 Å². The molecule has 0 saturated heterocycles. The Bertz CT molecular complexity index is 180. The molecule has 0 aromatic heterocycles. The van der Waals surface area contributed by atoms with Gasteiger partial charge in [0.25, 0.3) is 0 Å². The third kappa shape index (κ3) is 4.72. The molecule has 0 aliphatic heterocycles. The lowest BCUT2D eigenvalue weighted by Crippen LogP contribution is -2.46. The normalized spacial score (nSPS) is 16.2. The Balaban J connectivity index is 4.69. The Labute approximate surface area is 83.4 Å². The standard InChI is InChI=1S/C8H12F6O/c1-4(2)5(3)15-6(7(9,10)11)8(12,13)14/h4-6H,1-3H3. The molecule has 0 aromatic carbocycles. The molecule has 0 aromatic rings. The first-order chi connectivity index (χ1) is 6.46. The van der Waals surface area contributed by atoms with Crippen molar-refractivity contribution in [2.75, 3.05) is 0 Å². The van der Waals surface area contributed by atoms with Crippen molar-refractivity contribution in [2.45, 2.75) is 45.3 Å². The van der Waals surface area contributed by atoms with Crippen LogP contribution in [0.15, 0.2) is 0 Å². The van der Waals surface area contributed by atoms with Crippen LogP contribution in [0.1, 0.15) is 20.8 Å². The molecule has 0 amide bonds. The minimum Gasteiger partial charge on any atom is -0.358 e. The molecule has 15 heavy (non-hydrogen) atoms.